The SMILES string of the molecule is CC1(C)OC2O[C@H]3[C@H](OC(=O)C3(O)O)[C@@H]2O1. The van der Waals surface area contributed by atoms with E-state index in [-0.39, 0.29) is 0 Å². The van der Waals surface area contributed by atoms with Crippen LogP contribution in [0, 0.1) is 0 Å². The maximum absolute atomic E-state index is 11.2. The standard InChI is InChI=1S/C9H12O7/c1-8(2)15-4-3-5(14-6(4)16-8)9(11,12)7(10)13-3/h3-6,11-12H,1-2H3/t3-,4+,5+,6?/m1/s1. The average molecular weight is 232 g/mol. The summed E-state index contributed by atoms with van der Waals surface area (Å²) >= 11 is 0. The van der Waals surface area contributed by atoms with Gasteiger partial charge in [0.1, 0.15) is 0 Å². The zero-order valence-electron chi connectivity index (χ0n) is 8.75. The van der Waals surface area contributed by atoms with Crippen molar-refractivity contribution in [1.82, 2.24) is 0 Å². The van der Waals surface area contributed by atoms with Crippen LogP contribution in [0.4, 0.5) is 0 Å². The molecular weight excluding hydrogens is 220 g/mol. The highest BCUT2D eigenvalue weighted by Crippen LogP contribution is 2.44. The van der Waals surface area contributed by atoms with Gasteiger partial charge in [0.25, 0.3) is 5.79 Å². The van der Waals surface area contributed by atoms with E-state index >= 15 is 0 Å². The fourth-order valence-electron chi connectivity index (χ4n) is 2.26. The number of ether oxygens (including phenoxy) is 4. The predicted molar refractivity (Wildman–Crippen MR) is 45.7 cm³/mol. The highest BCUT2D eigenvalue weighted by molar-refractivity contribution is 5.81. The van der Waals surface area contributed by atoms with E-state index in [0.717, 1.165) is 0 Å². The second-order valence-electron chi connectivity index (χ2n) is 4.62. The lowest BCUT2D eigenvalue weighted by Gasteiger charge is -2.22. The fourth-order valence-corrected chi connectivity index (χ4v) is 2.26. The molecule has 7 nitrogen and oxygen atoms in total. The van der Waals surface area contributed by atoms with Crippen LogP contribution in [0.15, 0.2) is 0 Å². The Morgan fingerprint density at radius 2 is 1.88 bits per heavy atom. The molecule has 90 valence electrons. The number of aliphatic hydroxyl groups is 2. The Morgan fingerprint density at radius 1 is 1.19 bits per heavy atom. The molecule has 0 bridgehead atoms. The van der Waals surface area contributed by atoms with Gasteiger partial charge in [-0.3, -0.25) is 0 Å². The Balaban J connectivity index is 1.87. The number of hydrogen-bond acceptors (Lipinski definition) is 7. The average Bonchev–Trinajstić information content (AvgIpc) is 2.65. The summed E-state index contributed by atoms with van der Waals surface area (Å²) in [6.45, 7) is 3.40. The highest BCUT2D eigenvalue weighted by atomic mass is 16.9. The molecule has 0 aliphatic carbocycles. The number of hydrogen-bond donors (Lipinski definition) is 2. The van der Waals surface area contributed by atoms with Crippen molar-refractivity contribution in [3.05, 3.63) is 0 Å². The minimum Gasteiger partial charge on any atom is -0.452 e. The second kappa shape index (κ2) is 2.74. The van der Waals surface area contributed by atoms with Crippen molar-refractivity contribution in [3.63, 3.8) is 0 Å². The van der Waals surface area contributed by atoms with E-state index in [4.69, 9.17) is 18.9 Å². The summed E-state index contributed by atoms with van der Waals surface area (Å²) in [5, 5.41) is 18.9. The molecule has 2 N–H and O–H groups in total. The third kappa shape index (κ3) is 1.17. The van der Waals surface area contributed by atoms with E-state index in [0.29, 0.717) is 0 Å². The molecule has 0 aromatic rings. The summed E-state index contributed by atoms with van der Waals surface area (Å²) in [5.41, 5.74) is 0. The van der Waals surface area contributed by atoms with Crippen molar-refractivity contribution < 1.29 is 34.0 Å². The first-order chi connectivity index (χ1) is 7.31. The molecule has 3 aliphatic rings. The van der Waals surface area contributed by atoms with Gasteiger partial charge < -0.3 is 29.2 Å². The van der Waals surface area contributed by atoms with Gasteiger partial charge in [0.15, 0.2) is 30.4 Å². The van der Waals surface area contributed by atoms with Gasteiger partial charge in [-0.05, 0) is 13.8 Å². The molecule has 1 unspecified atom stereocenters. The highest BCUT2D eigenvalue weighted by Gasteiger charge is 2.68. The lowest BCUT2D eigenvalue weighted by molar-refractivity contribution is -0.256. The van der Waals surface area contributed by atoms with Crippen LogP contribution < -0.4 is 0 Å². The minimum atomic E-state index is -2.62. The molecule has 16 heavy (non-hydrogen) atoms. The van der Waals surface area contributed by atoms with Gasteiger partial charge in [-0.2, -0.15) is 0 Å². The molecule has 3 aliphatic heterocycles. The van der Waals surface area contributed by atoms with Crippen molar-refractivity contribution in [2.24, 2.45) is 0 Å². The first-order valence-corrected chi connectivity index (χ1v) is 4.98. The van der Waals surface area contributed by atoms with Crippen LogP contribution in [-0.2, 0) is 23.7 Å². The van der Waals surface area contributed by atoms with Gasteiger partial charge in [-0.25, -0.2) is 4.79 Å². The molecule has 0 aromatic heterocycles. The predicted octanol–water partition coefficient (Wildman–Crippen LogP) is -1.53. The minimum absolute atomic E-state index is 0.620. The van der Waals surface area contributed by atoms with E-state index in [1.807, 2.05) is 0 Å². The van der Waals surface area contributed by atoms with Crippen LogP contribution in [0.1, 0.15) is 13.8 Å². The molecule has 4 atom stereocenters. The maximum atomic E-state index is 11.2. The number of carbonyl (C=O) groups is 1. The lowest BCUT2D eigenvalue weighted by atomic mass is 10.1. The van der Waals surface area contributed by atoms with E-state index < -0.39 is 42.1 Å². The van der Waals surface area contributed by atoms with Crippen LogP contribution in [0.5, 0.6) is 0 Å². The molecule has 3 fully saturated rings. The molecular formula is C9H12O7. The van der Waals surface area contributed by atoms with Gasteiger partial charge in [-0.1, -0.05) is 0 Å². The third-order valence-corrected chi connectivity index (χ3v) is 2.93. The first kappa shape index (κ1) is 10.4. The third-order valence-electron chi connectivity index (χ3n) is 2.93. The fraction of sp³-hybridized carbons (Fsp3) is 0.889. The normalized spacial score (nSPS) is 47.6. The van der Waals surface area contributed by atoms with Crippen molar-refractivity contribution in [2.75, 3.05) is 0 Å². The topological polar surface area (TPSA) is 94.5 Å². The molecule has 0 spiro atoms. The zero-order valence-corrected chi connectivity index (χ0v) is 8.75. The summed E-state index contributed by atoms with van der Waals surface area (Å²) in [4.78, 5) is 11.2. The van der Waals surface area contributed by atoms with E-state index in [2.05, 4.69) is 0 Å². The maximum Gasteiger partial charge on any atom is 0.370 e. The first-order valence-electron chi connectivity index (χ1n) is 4.98. The quantitative estimate of drug-likeness (QED) is 0.386. The van der Waals surface area contributed by atoms with Crippen LogP contribution in [0.3, 0.4) is 0 Å². The Bertz CT molecular complexity index is 350. The van der Waals surface area contributed by atoms with Gasteiger partial charge in [0.2, 0.25) is 0 Å². The van der Waals surface area contributed by atoms with Crippen LogP contribution in [0.25, 0.3) is 0 Å². The molecule has 3 saturated heterocycles. The van der Waals surface area contributed by atoms with Crippen LogP contribution >= 0.6 is 0 Å². The summed E-state index contributed by atoms with van der Waals surface area (Å²) in [6, 6.07) is 0. The number of esters is 1. The van der Waals surface area contributed by atoms with Crippen molar-refractivity contribution >= 4 is 5.97 Å². The Morgan fingerprint density at radius 3 is 2.56 bits per heavy atom. The Hall–Kier alpha value is -0.730. The monoisotopic (exact) mass is 232 g/mol. The van der Waals surface area contributed by atoms with Gasteiger partial charge in [-0.15, -0.1) is 0 Å². The van der Waals surface area contributed by atoms with Gasteiger partial charge >= 0.3 is 5.97 Å². The van der Waals surface area contributed by atoms with Crippen molar-refractivity contribution in [3.8, 4) is 0 Å². The van der Waals surface area contributed by atoms with E-state index in [1.54, 1.807) is 13.8 Å². The van der Waals surface area contributed by atoms with E-state index in [1.165, 1.54) is 0 Å². The van der Waals surface area contributed by atoms with Crippen LogP contribution in [0.2, 0.25) is 0 Å². The van der Waals surface area contributed by atoms with Gasteiger partial charge in [0, 0.05) is 0 Å². The summed E-state index contributed by atoms with van der Waals surface area (Å²) in [5.74, 6) is -4.57. The Kier molecular flexibility index (Phi) is 1.79. The van der Waals surface area contributed by atoms with Crippen LogP contribution in [-0.4, -0.2) is 52.4 Å². The molecule has 7 heteroatoms. The molecule has 3 heterocycles. The van der Waals surface area contributed by atoms with Crippen molar-refractivity contribution in [1.29, 1.82) is 0 Å². The number of fused-ring (bicyclic) bond motifs is 3. The number of carbonyl (C=O) groups excluding carboxylic acids is 1. The van der Waals surface area contributed by atoms with Crippen molar-refractivity contribution in [2.45, 2.75) is 50.0 Å². The van der Waals surface area contributed by atoms with Gasteiger partial charge in [0.05, 0.1) is 0 Å². The molecule has 3 rings (SSSR count). The smallest absolute Gasteiger partial charge is 0.370 e. The zero-order chi connectivity index (χ0) is 11.7. The summed E-state index contributed by atoms with van der Waals surface area (Å²) in [7, 11) is 0. The molecule has 0 amide bonds. The lowest BCUT2D eigenvalue weighted by Crippen LogP contribution is -2.46. The second-order valence-corrected chi connectivity index (χ2v) is 4.62. The molecule has 0 radical (unpaired) electrons. The Labute approximate surface area is 90.8 Å². The number of rotatable bonds is 0. The summed E-state index contributed by atoms with van der Waals surface area (Å²) in [6.07, 6.45) is -3.36. The molecule has 0 saturated carbocycles. The van der Waals surface area contributed by atoms with E-state index in [9.17, 15) is 15.0 Å². The largest absolute Gasteiger partial charge is 0.452 e. The molecule has 0 aromatic carbocycles. The summed E-state index contributed by atoms with van der Waals surface area (Å²) < 4.78 is 20.9.